The first kappa shape index (κ1) is 20.7. The van der Waals surface area contributed by atoms with Crippen molar-refractivity contribution in [3.63, 3.8) is 0 Å². The molecule has 0 spiro atoms. The maximum Gasteiger partial charge on any atom is 0.331 e. The number of pyridine rings is 1. The number of carboxylic acid groups (broad SMARTS) is 1. The second-order valence-corrected chi connectivity index (χ2v) is 7.05. The van der Waals surface area contributed by atoms with Crippen molar-refractivity contribution in [3.05, 3.63) is 52.9 Å². The number of hydrogen-bond donors (Lipinski definition) is 2. The van der Waals surface area contributed by atoms with Gasteiger partial charge in [0.1, 0.15) is 5.75 Å². The van der Waals surface area contributed by atoms with Crippen molar-refractivity contribution in [2.75, 3.05) is 13.2 Å². The predicted molar refractivity (Wildman–Crippen MR) is 110 cm³/mol. The number of carbonyl (C=O) groups is 1. The molecule has 0 radical (unpaired) electrons. The average Bonchev–Trinajstić information content (AvgIpc) is 3.17. The molecule has 0 saturated heterocycles. The van der Waals surface area contributed by atoms with Gasteiger partial charge in [0, 0.05) is 30.0 Å². The summed E-state index contributed by atoms with van der Waals surface area (Å²) in [6.07, 6.45) is 9.95. The minimum absolute atomic E-state index is 0.0172. The molecule has 0 aliphatic carbocycles. The van der Waals surface area contributed by atoms with Crippen LogP contribution in [0.15, 0.2) is 36.2 Å². The van der Waals surface area contributed by atoms with Gasteiger partial charge in [0.05, 0.1) is 18.8 Å². The number of aromatic hydroxyl groups is 1. The lowest BCUT2D eigenvalue weighted by Gasteiger charge is -2.14. The summed E-state index contributed by atoms with van der Waals surface area (Å²) in [6.45, 7) is 2.70. The van der Waals surface area contributed by atoms with Crippen molar-refractivity contribution in [3.8, 4) is 17.2 Å². The molecule has 0 bridgehead atoms. The number of aromatic nitrogens is 1. The zero-order valence-corrected chi connectivity index (χ0v) is 16.7. The van der Waals surface area contributed by atoms with Crippen LogP contribution in [0.2, 0.25) is 0 Å². The fourth-order valence-corrected chi connectivity index (χ4v) is 3.54. The molecule has 6 heteroatoms. The summed E-state index contributed by atoms with van der Waals surface area (Å²) in [6, 6.07) is 5.61. The van der Waals surface area contributed by atoms with Crippen LogP contribution in [0.1, 0.15) is 49.3 Å². The van der Waals surface area contributed by atoms with Gasteiger partial charge in [0.15, 0.2) is 11.5 Å². The highest BCUT2D eigenvalue weighted by molar-refractivity contribution is 5.93. The van der Waals surface area contributed by atoms with Crippen LogP contribution in [0, 0.1) is 0 Å². The molecule has 2 heterocycles. The zero-order chi connectivity index (χ0) is 20.6. The molecule has 0 fully saturated rings. The molecule has 2 aromatic rings. The average molecular weight is 397 g/mol. The van der Waals surface area contributed by atoms with Gasteiger partial charge >= 0.3 is 5.97 Å². The smallest absolute Gasteiger partial charge is 0.331 e. The molecule has 0 unspecified atom stereocenters. The molecule has 6 nitrogen and oxygen atoms in total. The van der Waals surface area contributed by atoms with Gasteiger partial charge in [-0.3, -0.25) is 4.98 Å². The summed E-state index contributed by atoms with van der Waals surface area (Å²) in [5, 5.41) is 20.0. The Kier molecular flexibility index (Phi) is 7.11. The maximum atomic E-state index is 11.8. The third-order valence-corrected chi connectivity index (χ3v) is 4.96. The first-order valence-corrected chi connectivity index (χ1v) is 10.1. The molecule has 1 aromatic carbocycles. The highest BCUT2D eigenvalue weighted by atomic mass is 16.5. The van der Waals surface area contributed by atoms with E-state index in [2.05, 4.69) is 4.98 Å². The molecule has 3 rings (SSSR count). The van der Waals surface area contributed by atoms with E-state index < -0.39 is 5.97 Å². The molecule has 0 atom stereocenters. The number of hydrogen-bond acceptors (Lipinski definition) is 5. The quantitative estimate of drug-likeness (QED) is 0.456. The molecular weight excluding hydrogens is 370 g/mol. The molecular formula is C23H27NO5. The van der Waals surface area contributed by atoms with Gasteiger partial charge in [-0.25, -0.2) is 4.79 Å². The minimum atomic E-state index is -0.963. The van der Waals surface area contributed by atoms with Gasteiger partial charge in [0.2, 0.25) is 0 Å². The number of phenols is 1. The van der Waals surface area contributed by atoms with Crippen LogP contribution in [0.3, 0.4) is 0 Å². The number of benzene rings is 1. The Balaban J connectivity index is 1.71. The Hall–Kier alpha value is -3.02. The van der Waals surface area contributed by atoms with Gasteiger partial charge in [0.25, 0.3) is 0 Å². The van der Waals surface area contributed by atoms with Crippen molar-refractivity contribution >= 4 is 12.0 Å². The van der Waals surface area contributed by atoms with Gasteiger partial charge in [-0.1, -0.05) is 12.5 Å². The van der Waals surface area contributed by atoms with E-state index >= 15 is 0 Å². The molecule has 1 aromatic heterocycles. The van der Waals surface area contributed by atoms with Crippen molar-refractivity contribution in [1.29, 1.82) is 0 Å². The van der Waals surface area contributed by atoms with Crippen molar-refractivity contribution in [2.24, 2.45) is 0 Å². The van der Waals surface area contributed by atoms with Crippen molar-refractivity contribution in [1.82, 2.24) is 4.98 Å². The number of phenolic OH excluding ortho intramolecular Hbond substituents is 1. The summed E-state index contributed by atoms with van der Waals surface area (Å²) in [7, 11) is 0. The Bertz CT molecular complexity index is 877. The fraction of sp³-hybridized carbons (Fsp3) is 0.391. The van der Waals surface area contributed by atoms with Crippen LogP contribution < -0.4 is 9.47 Å². The summed E-state index contributed by atoms with van der Waals surface area (Å²) in [5.74, 6) is -0.0524. The van der Waals surface area contributed by atoms with Crippen LogP contribution in [0.4, 0.5) is 0 Å². The first-order valence-electron chi connectivity index (χ1n) is 10.1. The lowest BCUT2D eigenvalue weighted by atomic mass is 9.99. The number of aliphatic carboxylic acids is 1. The summed E-state index contributed by atoms with van der Waals surface area (Å²) in [4.78, 5) is 15.9. The standard InChI is InChI=1S/C23H27NO5/c1-2-28-22-19(21-17(10-12-29-21)14-20(22)25)13-18(23(26)27)9-5-3-4-7-16-8-6-11-24-15-16/h6,8,11,13-15,25H,2-5,7,9-10,12H2,1H3,(H,26,27)/b18-13+. The van der Waals surface area contributed by atoms with Crippen molar-refractivity contribution in [2.45, 2.75) is 45.4 Å². The monoisotopic (exact) mass is 397 g/mol. The van der Waals surface area contributed by atoms with Gasteiger partial charge in [-0.2, -0.15) is 0 Å². The van der Waals surface area contributed by atoms with Gasteiger partial charge < -0.3 is 19.7 Å². The number of fused-ring (bicyclic) bond motifs is 1. The zero-order valence-electron chi connectivity index (χ0n) is 16.7. The predicted octanol–water partition coefficient (Wildman–Crippen LogP) is 4.39. The van der Waals surface area contributed by atoms with E-state index in [4.69, 9.17) is 9.47 Å². The topological polar surface area (TPSA) is 88.9 Å². The van der Waals surface area contributed by atoms with E-state index in [1.54, 1.807) is 18.3 Å². The molecule has 0 amide bonds. The second kappa shape index (κ2) is 9.96. The molecule has 29 heavy (non-hydrogen) atoms. The SMILES string of the molecule is CCOc1c(O)cc2c(c1/C=C(\CCCCCc1cccnc1)C(=O)O)OCC2. The Labute approximate surface area is 170 Å². The number of unbranched alkanes of at least 4 members (excludes halogenated alkanes) is 2. The number of ether oxygens (including phenoxy) is 2. The van der Waals surface area contributed by atoms with Gasteiger partial charge in [-0.15, -0.1) is 0 Å². The normalized spacial score (nSPS) is 13.1. The molecule has 1 aliphatic heterocycles. The summed E-state index contributed by atoms with van der Waals surface area (Å²) < 4.78 is 11.3. The van der Waals surface area contributed by atoms with E-state index in [-0.39, 0.29) is 17.1 Å². The van der Waals surface area contributed by atoms with Crippen LogP contribution in [0.25, 0.3) is 6.08 Å². The molecule has 1 aliphatic rings. The highest BCUT2D eigenvalue weighted by Gasteiger charge is 2.24. The lowest BCUT2D eigenvalue weighted by molar-refractivity contribution is -0.132. The number of rotatable bonds is 10. The van der Waals surface area contributed by atoms with Crippen LogP contribution in [-0.4, -0.2) is 34.4 Å². The highest BCUT2D eigenvalue weighted by Crippen LogP contribution is 2.44. The van der Waals surface area contributed by atoms with E-state index in [1.807, 2.05) is 25.3 Å². The Morgan fingerprint density at radius 2 is 2.21 bits per heavy atom. The minimum Gasteiger partial charge on any atom is -0.504 e. The van der Waals surface area contributed by atoms with E-state index in [9.17, 15) is 15.0 Å². The molecule has 0 saturated carbocycles. The van der Waals surface area contributed by atoms with E-state index in [0.29, 0.717) is 37.4 Å². The lowest BCUT2D eigenvalue weighted by Crippen LogP contribution is -2.03. The van der Waals surface area contributed by atoms with E-state index in [0.717, 1.165) is 31.2 Å². The van der Waals surface area contributed by atoms with Crippen LogP contribution in [0.5, 0.6) is 17.2 Å². The Morgan fingerprint density at radius 3 is 2.93 bits per heavy atom. The largest absolute Gasteiger partial charge is 0.504 e. The van der Waals surface area contributed by atoms with Gasteiger partial charge in [-0.05, 0) is 56.4 Å². The second-order valence-electron chi connectivity index (χ2n) is 7.05. The Morgan fingerprint density at radius 1 is 1.34 bits per heavy atom. The van der Waals surface area contributed by atoms with E-state index in [1.165, 1.54) is 5.56 Å². The van der Waals surface area contributed by atoms with Crippen molar-refractivity contribution < 1.29 is 24.5 Å². The van der Waals surface area contributed by atoms with Crippen LogP contribution >= 0.6 is 0 Å². The molecule has 154 valence electrons. The number of carboxylic acids is 1. The fourth-order valence-electron chi connectivity index (χ4n) is 3.54. The number of aryl methyl sites for hydroxylation is 1. The first-order chi connectivity index (χ1) is 14.1. The molecule has 2 N–H and O–H groups in total. The summed E-state index contributed by atoms with van der Waals surface area (Å²) >= 11 is 0. The summed E-state index contributed by atoms with van der Waals surface area (Å²) in [5.41, 5.74) is 2.87. The van der Waals surface area contributed by atoms with Crippen LogP contribution in [-0.2, 0) is 17.6 Å². The third kappa shape index (κ3) is 5.28. The third-order valence-electron chi connectivity index (χ3n) is 4.96. The number of nitrogens with zero attached hydrogens (tertiary/aromatic N) is 1. The maximum absolute atomic E-state index is 11.8.